The molecular weight excluding hydrogens is 1550 g/mol. The molecule has 0 heterocycles. The van der Waals surface area contributed by atoms with Gasteiger partial charge in [-0.3, -0.25) is 0 Å². The van der Waals surface area contributed by atoms with Crippen molar-refractivity contribution in [1.29, 1.82) is 0 Å². The third-order valence-corrected chi connectivity index (χ3v) is 14.5. The zero-order valence-electron chi connectivity index (χ0n) is 48.4. The Morgan fingerprint density at radius 2 is 0.711 bits per heavy atom. The number of rotatable bonds is 27. The summed E-state index contributed by atoms with van der Waals surface area (Å²) in [5, 5.41) is 26.4. The summed E-state index contributed by atoms with van der Waals surface area (Å²) >= 11 is 24.1. The average molecular weight is 1630 g/mol. The molecule has 0 fully saturated rings. The van der Waals surface area contributed by atoms with Crippen molar-refractivity contribution in [3.63, 3.8) is 0 Å². The molecule has 2 atom stereocenters. The molecule has 2 unspecified atom stereocenters. The molecule has 8 aromatic rings. The van der Waals surface area contributed by atoms with Gasteiger partial charge in [0.1, 0.15) is 61.6 Å². The molecule has 3 N–H and O–H groups in total. The van der Waals surface area contributed by atoms with Crippen LogP contribution in [0.15, 0.2) is 194 Å². The Kier molecular flexibility index (Phi) is 35.1. The summed E-state index contributed by atoms with van der Waals surface area (Å²) in [6.07, 6.45) is 4.16. The summed E-state index contributed by atoms with van der Waals surface area (Å²) in [5.41, 5.74) is 9.90. The number of benzene rings is 8. The molecule has 0 aliphatic heterocycles. The van der Waals surface area contributed by atoms with E-state index in [1.807, 2.05) is 142 Å². The quantitative estimate of drug-likeness (QED) is 0.0469. The zero-order chi connectivity index (χ0) is 57.8. The van der Waals surface area contributed by atoms with E-state index in [4.69, 9.17) is 65.4 Å². The number of ether oxygens (including phenoxy) is 4. The molecule has 14 heteroatoms. The van der Waals surface area contributed by atoms with Crippen molar-refractivity contribution in [2.24, 2.45) is 0 Å². The van der Waals surface area contributed by atoms with Crippen LogP contribution in [0.1, 0.15) is 82.5 Å². The minimum Gasteiger partial charge on any atom is -0.491 e. The number of halogens is 4. The SMILES string of the molecule is CCCCc1ccc(OCC(O)COc2ccc(C)cc2)cc1.CNCC(c1ccc(Cl)cc1)c1ccc(Cl)cc1.Cc1ccc(OCC(O)COc2ccc(CCCN(C)CC(c3ccc(Cl)cc3)c3ccc(Cl)cc3)cc2)cc1.[Ac].[Ac]. The van der Waals surface area contributed by atoms with Crippen molar-refractivity contribution in [3.05, 3.63) is 259 Å². The van der Waals surface area contributed by atoms with E-state index < -0.39 is 12.2 Å². The van der Waals surface area contributed by atoms with Crippen LogP contribution >= 0.6 is 46.4 Å². The van der Waals surface area contributed by atoms with Gasteiger partial charge in [0.2, 0.25) is 0 Å². The van der Waals surface area contributed by atoms with Gasteiger partial charge in [-0.25, -0.2) is 0 Å². The van der Waals surface area contributed by atoms with E-state index in [9.17, 15) is 10.2 Å². The largest absolute Gasteiger partial charge is 0.491 e. The van der Waals surface area contributed by atoms with Crippen LogP contribution in [0.2, 0.25) is 20.1 Å². The number of hydrogen-bond donors (Lipinski definition) is 3. The molecule has 8 aromatic carbocycles. The minimum atomic E-state index is -0.707. The summed E-state index contributed by atoms with van der Waals surface area (Å²) in [6, 6.07) is 63.9. The standard InChI is InChI=1S/C34H37Cl2NO3.C20H26O3.C15H15Cl2N.2Ac/c1-25-5-17-32(18-6-25)39-23-31(38)24-40-33-19-7-26(8-20-33)4-3-21-37(2)22-34(27-9-13-29(35)14-10-27)28-11-15-30(36)16-12-28;1-3-4-5-17-8-12-20(13-9-17)23-15-18(21)14-22-19-10-6-16(2)7-11-19;1-18-10-15(11-2-6-13(16)7-3-11)12-4-8-14(17)9-5-12;;/h5-20,31,34,38H,3-4,21-24H2,1-2H3;6-13,18,21H,3-5,14-15H2,1-2H3;2-9,15,18H,10H2,1H3;;. The van der Waals surface area contributed by atoms with E-state index in [1.54, 1.807) is 0 Å². The van der Waals surface area contributed by atoms with Crippen LogP contribution in [0.3, 0.4) is 0 Å². The molecule has 2 radical (unpaired) electrons. The Morgan fingerprint density at radius 1 is 0.422 bits per heavy atom. The topological polar surface area (TPSA) is 92.7 Å². The van der Waals surface area contributed by atoms with Gasteiger partial charge in [-0.1, -0.05) is 168 Å². The maximum Gasteiger partial charge on any atom is 0.122 e. The van der Waals surface area contributed by atoms with Gasteiger partial charge in [0.05, 0.1) is 0 Å². The molecule has 0 saturated heterocycles. The number of unbranched alkanes of at least 4 members (excludes halogenated alkanes) is 1. The summed E-state index contributed by atoms with van der Waals surface area (Å²) in [7, 11) is 4.13. The number of aryl methyl sites for hydroxylation is 4. The molecule has 0 aromatic heterocycles. The van der Waals surface area contributed by atoms with E-state index in [0.29, 0.717) is 5.92 Å². The van der Waals surface area contributed by atoms with Gasteiger partial charge >= 0.3 is 0 Å². The summed E-state index contributed by atoms with van der Waals surface area (Å²) in [5.74, 6) is 3.56. The first-order valence-electron chi connectivity index (χ1n) is 27.8. The number of aliphatic hydroxyl groups is 2. The predicted octanol–water partition coefficient (Wildman–Crippen LogP) is 16.3. The van der Waals surface area contributed by atoms with Crippen molar-refractivity contribution in [3.8, 4) is 23.0 Å². The van der Waals surface area contributed by atoms with Gasteiger partial charge in [0, 0.05) is 133 Å². The predicted molar refractivity (Wildman–Crippen MR) is 337 cm³/mol. The Bertz CT molecular complexity index is 2890. The van der Waals surface area contributed by atoms with Gasteiger partial charge in [-0.05, 0) is 191 Å². The molecule has 0 aliphatic carbocycles. The molecule has 8 nitrogen and oxygen atoms in total. The smallest absolute Gasteiger partial charge is 0.122 e. The Morgan fingerprint density at radius 3 is 1.01 bits per heavy atom. The van der Waals surface area contributed by atoms with Gasteiger partial charge < -0.3 is 39.4 Å². The Labute approximate surface area is 585 Å². The van der Waals surface area contributed by atoms with Crippen LogP contribution in [0.5, 0.6) is 23.0 Å². The molecule has 0 bridgehead atoms. The summed E-state index contributed by atoms with van der Waals surface area (Å²) in [4.78, 5) is 2.38. The minimum absolute atomic E-state index is 0. The van der Waals surface area contributed by atoms with Crippen molar-refractivity contribution in [2.75, 3.05) is 60.2 Å². The van der Waals surface area contributed by atoms with E-state index in [-0.39, 0.29) is 120 Å². The first-order valence-corrected chi connectivity index (χ1v) is 29.3. The maximum atomic E-state index is 10.2. The second kappa shape index (κ2) is 40.3. The third-order valence-electron chi connectivity index (χ3n) is 13.5. The molecular formula is C69H78Ac2Cl4N2O6. The van der Waals surface area contributed by atoms with Gasteiger partial charge in [0.25, 0.3) is 0 Å². The van der Waals surface area contributed by atoms with Gasteiger partial charge in [-0.15, -0.1) is 0 Å². The van der Waals surface area contributed by atoms with E-state index in [0.717, 1.165) is 82.0 Å². The molecule has 0 amide bonds. The number of likely N-dealkylation sites (N-methyl/N-ethyl adjacent to an activating group) is 2. The average Bonchev–Trinajstić information content (AvgIpc) is 3.53. The van der Waals surface area contributed by atoms with Crippen molar-refractivity contribution < 1.29 is 117 Å². The first kappa shape index (κ1) is 72.3. The summed E-state index contributed by atoms with van der Waals surface area (Å²) < 4.78 is 22.5. The fourth-order valence-electron chi connectivity index (χ4n) is 8.79. The monoisotopic (exact) mass is 1620 g/mol. The van der Waals surface area contributed by atoms with Crippen LogP contribution in [-0.4, -0.2) is 87.5 Å². The fraction of sp³-hybridized carbons (Fsp3) is 0.304. The van der Waals surface area contributed by atoms with Crippen LogP contribution in [0.25, 0.3) is 0 Å². The number of aliphatic hydroxyl groups excluding tert-OH is 2. The van der Waals surface area contributed by atoms with Gasteiger partial charge in [0.15, 0.2) is 0 Å². The van der Waals surface area contributed by atoms with E-state index in [2.05, 4.69) is 97.0 Å². The molecule has 8 rings (SSSR count). The molecule has 434 valence electrons. The van der Waals surface area contributed by atoms with E-state index >= 15 is 0 Å². The maximum absolute atomic E-state index is 10.2. The molecule has 83 heavy (non-hydrogen) atoms. The molecule has 0 aliphatic rings. The second-order valence-electron chi connectivity index (χ2n) is 20.3. The van der Waals surface area contributed by atoms with Crippen LogP contribution < -0.4 is 24.3 Å². The Balaban J connectivity index is 0.000000291. The Hall–Kier alpha value is -3.16. The third kappa shape index (κ3) is 27.6. The van der Waals surface area contributed by atoms with Crippen LogP contribution in [-0.2, 0) is 12.8 Å². The van der Waals surface area contributed by atoms with E-state index in [1.165, 1.54) is 57.3 Å². The van der Waals surface area contributed by atoms with Crippen molar-refractivity contribution >= 4 is 46.4 Å². The number of nitrogens with one attached hydrogen (secondary N) is 1. The number of nitrogens with zero attached hydrogens (tertiary/aromatic N) is 1. The zero-order valence-corrected chi connectivity index (χ0v) is 60.9. The normalized spacial score (nSPS) is 11.5. The van der Waals surface area contributed by atoms with Crippen molar-refractivity contribution in [2.45, 2.75) is 76.9 Å². The molecule has 0 saturated carbocycles. The summed E-state index contributed by atoms with van der Waals surface area (Å²) in [6.45, 7) is 9.80. The molecule has 0 spiro atoms. The van der Waals surface area contributed by atoms with Crippen LogP contribution in [0.4, 0.5) is 0 Å². The first-order chi connectivity index (χ1) is 39.2. The van der Waals surface area contributed by atoms with Crippen molar-refractivity contribution in [1.82, 2.24) is 10.2 Å². The number of hydrogen-bond acceptors (Lipinski definition) is 8. The van der Waals surface area contributed by atoms with Gasteiger partial charge in [-0.2, -0.15) is 0 Å². The fourth-order valence-corrected chi connectivity index (χ4v) is 9.30. The second-order valence-corrected chi connectivity index (χ2v) is 22.0. The van der Waals surface area contributed by atoms with Crippen LogP contribution in [0, 0.1) is 102 Å².